The maximum Gasteiger partial charge on any atom is 0.161 e. The second-order valence-corrected chi connectivity index (χ2v) is 4.77. The Hall–Kier alpha value is -0.920. The Morgan fingerprint density at radius 1 is 1.31 bits per heavy atom. The molecule has 0 aliphatic heterocycles. The van der Waals surface area contributed by atoms with Crippen molar-refractivity contribution >= 4 is 0 Å². The Bertz CT molecular complexity index is 290. The van der Waals surface area contributed by atoms with E-state index in [0.29, 0.717) is 11.5 Å². The third-order valence-electron chi connectivity index (χ3n) is 2.12. The summed E-state index contributed by atoms with van der Waals surface area (Å²) >= 11 is 0. The summed E-state index contributed by atoms with van der Waals surface area (Å²) in [7, 11) is 0. The van der Waals surface area contributed by atoms with Gasteiger partial charge in [0.15, 0.2) is 5.75 Å². The van der Waals surface area contributed by atoms with Gasteiger partial charge in [0, 0.05) is 11.5 Å². The van der Waals surface area contributed by atoms with Crippen molar-refractivity contribution in [3.8, 4) is 5.75 Å². The van der Waals surface area contributed by atoms with Crippen molar-refractivity contribution in [2.24, 2.45) is 0 Å². The number of rotatable bonds is 1. The van der Waals surface area contributed by atoms with Crippen LogP contribution in [0.1, 0.15) is 51.9 Å². The molecule has 0 bridgehead atoms. The zero-order valence-corrected chi connectivity index (χ0v) is 9.01. The van der Waals surface area contributed by atoms with E-state index in [1.807, 2.05) is 13.8 Å². The molecule has 0 unspecified atom stereocenters. The molecule has 0 radical (unpaired) electrons. The summed E-state index contributed by atoms with van der Waals surface area (Å²) in [6.07, 6.45) is 1.66. The molecule has 2 nitrogen and oxygen atoms in total. The average molecular weight is 182 g/mol. The molecule has 0 spiro atoms. The van der Waals surface area contributed by atoms with Crippen molar-refractivity contribution in [2.45, 2.75) is 46.0 Å². The Balaban J connectivity index is 3.14. The lowest BCUT2D eigenvalue weighted by molar-refractivity contribution is 0.414. The van der Waals surface area contributed by atoms with Crippen LogP contribution < -0.4 is 0 Å². The van der Waals surface area contributed by atoms with Gasteiger partial charge in [-0.05, 0) is 5.41 Å². The highest BCUT2D eigenvalue weighted by Gasteiger charge is 2.24. The molecule has 2 heteroatoms. The van der Waals surface area contributed by atoms with E-state index >= 15 is 0 Å². The highest BCUT2D eigenvalue weighted by molar-refractivity contribution is 5.39. The van der Waals surface area contributed by atoms with Crippen molar-refractivity contribution < 1.29 is 9.52 Å². The van der Waals surface area contributed by atoms with Crippen LogP contribution in [-0.4, -0.2) is 5.11 Å². The zero-order chi connectivity index (χ0) is 10.2. The van der Waals surface area contributed by atoms with Crippen molar-refractivity contribution in [3.05, 3.63) is 17.6 Å². The summed E-state index contributed by atoms with van der Waals surface area (Å²) in [5.74, 6) is 1.24. The molecule has 13 heavy (non-hydrogen) atoms. The molecule has 1 N–H and O–H groups in total. The number of furan rings is 1. The summed E-state index contributed by atoms with van der Waals surface area (Å²) < 4.78 is 5.33. The molecule has 0 aromatic carbocycles. The molecule has 0 aliphatic rings. The van der Waals surface area contributed by atoms with E-state index in [1.165, 1.54) is 0 Å². The quantitative estimate of drug-likeness (QED) is 0.722. The second-order valence-electron chi connectivity index (χ2n) is 4.77. The largest absolute Gasteiger partial charge is 0.504 e. The Morgan fingerprint density at radius 2 is 1.85 bits per heavy atom. The van der Waals surface area contributed by atoms with Gasteiger partial charge < -0.3 is 9.52 Å². The topological polar surface area (TPSA) is 33.4 Å². The molecule has 0 amide bonds. The first-order valence-corrected chi connectivity index (χ1v) is 4.65. The molecule has 0 saturated carbocycles. The Morgan fingerprint density at radius 3 is 2.08 bits per heavy atom. The molecular formula is C11H18O2. The van der Waals surface area contributed by atoms with E-state index in [-0.39, 0.29) is 11.3 Å². The minimum Gasteiger partial charge on any atom is -0.504 e. The van der Waals surface area contributed by atoms with Crippen molar-refractivity contribution in [3.63, 3.8) is 0 Å². The third kappa shape index (κ3) is 1.87. The van der Waals surface area contributed by atoms with E-state index < -0.39 is 0 Å². The van der Waals surface area contributed by atoms with E-state index in [2.05, 4.69) is 20.8 Å². The van der Waals surface area contributed by atoms with Gasteiger partial charge in [-0.2, -0.15) is 0 Å². The van der Waals surface area contributed by atoms with Gasteiger partial charge in [0.05, 0.1) is 6.26 Å². The molecule has 0 fully saturated rings. The molecule has 0 saturated heterocycles. The summed E-state index contributed by atoms with van der Waals surface area (Å²) in [5.41, 5.74) is 0.831. The van der Waals surface area contributed by atoms with Gasteiger partial charge in [-0.25, -0.2) is 0 Å². The molecule has 1 heterocycles. The first-order chi connectivity index (χ1) is 5.84. The van der Waals surface area contributed by atoms with Crippen LogP contribution in [0.15, 0.2) is 10.7 Å². The SMILES string of the molecule is CC(C)c1occ(C(C)(C)C)c1O. The maximum atomic E-state index is 9.84. The normalized spacial score (nSPS) is 12.5. The van der Waals surface area contributed by atoms with Crippen LogP contribution in [0.2, 0.25) is 0 Å². The first kappa shape index (κ1) is 10.2. The molecule has 1 aromatic heterocycles. The average Bonchev–Trinajstić information content (AvgIpc) is 2.28. The van der Waals surface area contributed by atoms with Gasteiger partial charge in [0.2, 0.25) is 0 Å². The lowest BCUT2D eigenvalue weighted by Crippen LogP contribution is -2.09. The molecule has 0 aliphatic carbocycles. The van der Waals surface area contributed by atoms with Gasteiger partial charge in [-0.1, -0.05) is 34.6 Å². The van der Waals surface area contributed by atoms with Crippen molar-refractivity contribution in [1.29, 1.82) is 0 Å². The fourth-order valence-corrected chi connectivity index (χ4v) is 1.31. The van der Waals surface area contributed by atoms with E-state index in [4.69, 9.17) is 4.42 Å². The van der Waals surface area contributed by atoms with Gasteiger partial charge in [-0.3, -0.25) is 0 Å². The van der Waals surface area contributed by atoms with Crippen LogP contribution in [0.4, 0.5) is 0 Å². The van der Waals surface area contributed by atoms with Crippen LogP contribution in [0, 0.1) is 0 Å². The first-order valence-electron chi connectivity index (χ1n) is 4.65. The third-order valence-corrected chi connectivity index (χ3v) is 2.12. The maximum absolute atomic E-state index is 9.84. The second kappa shape index (κ2) is 3.09. The number of hydrogen-bond acceptors (Lipinski definition) is 2. The van der Waals surface area contributed by atoms with Crippen LogP contribution in [0.25, 0.3) is 0 Å². The number of aromatic hydroxyl groups is 1. The van der Waals surface area contributed by atoms with Gasteiger partial charge in [-0.15, -0.1) is 0 Å². The molecular weight excluding hydrogens is 164 g/mol. The van der Waals surface area contributed by atoms with Crippen LogP contribution in [0.5, 0.6) is 5.75 Å². The molecule has 74 valence electrons. The summed E-state index contributed by atoms with van der Waals surface area (Å²) in [6, 6.07) is 0. The predicted octanol–water partition coefficient (Wildman–Crippen LogP) is 3.41. The fourth-order valence-electron chi connectivity index (χ4n) is 1.31. The minimum absolute atomic E-state index is 0.0548. The van der Waals surface area contributed by atoms with Crippen LogP contribution >= 0.6 is 0 Å². The fraction of sp³-hybridized carbons (Fsp3) is 0.636. The summed E-state index contributed by atoms with van der Waals surface area (Å²) in [4.78, 5) is 0. The molecule has 1 aromatic rings. The van der Waals surface area contributed by atoms with Crippen molar-refractivity contribution in [1.82, 2.24) is 0 Å². The standard InChI is InChI=1S/C11H18O2/c1-7(2)10-9(12)8(6-13-10)11(3,4)5/h6-7,12H,1-5H3. The van der Waals surface area contributed by atoms with Crippen molar-refractivity contribution in [2.75, 3.05) is 0 Å². The van der Waals surface area contributed by atoms with E-state index in [1.54, 1.807) is 6.26 Å². The highest BCUT2D eigenvalue weighted by Crippen LogP contribution is 2.37. The lowest BCUT2D eigenvalue weighted by Gasteiger charge is -2.16. The van der Waals surface area contributed by atoms with Gasteiger partial charge >= 0.3 is 0 Å². The Kier molecular flexibility index (Phi) is 2.42. The predicted molar refractivity (Wildman–Crippen MR) is 53.2 cm³/mol. The summed E-state index contributed by atoms with van der Waals surface area (Å²) in [5, 5.41) is 9.84. The number of hydrogen-bond donors (Lipinski definition) is 1. The molecule has 0 atom stereocenters. The molecule has 1 rings (SSSR count). The summed E-state index contributed by atoms with van der Waals surface area (Å²) in [6.45, 7) is 10.2. The highest BCUT2D eigenvalue weighted by atomic mass is 16.4. The van der Waals surface area contributed by atoms with Crippen LogP contribution in [-0.2, 0) is 5.41 Å². The zero-order valence-electron chi connectivity index (χ0n) is 9.01. The van der Waals surface area contributed by atoms with Gasteiger partial charge in [0.25, 0.3) is 0 Å². The minimum atomic E-state index is -0.0548. The van der Waals surface area contributed by atoms with Gasteiger partial charge in [0.1, 0.15) is 5.76 Å². The Labute approximate surface area is 79.6 Å². The van der Waals surface area contributed by atoms with E-state index in [0.717, 1.165) is 5.56 Å². The van der Waals surface area contributed by atoms with E-state index in [9.17, 15) is 5.11 Å². The monoisotopic (exact) mass is 182 g/mol. The lowest BCUT2D eigenvalue weighted by atomic mass is 9.88. The smallest absolute Gasteiger partial charge is 0.161 e. The van der Waals surface area contributed by atoms with Crippen LogP contribution in [0.3, 0.4) is 0 Å².